The fourth-order valence-electron chi connectivity index (χ4n) is 2.00. The Balaban J connectivity index is 2.07. The van der Waals surface area contributed by atoms with Gasteiger partial charge in [0.15, 0.2) is 11.5 Å². The molecule has 0 spiro atoms. The first-order valence-corrected chi connectivity index (χ1v) is 7.36. The van der Waals surface area contributed by atoms with Crippen LogP contribution in [0.1, 0.15) is 21.5 Å². The molecule has 1 amide bonds. The zero-order valence-electron chi connectivity index (χ0n) is 13.8. The Bertz CT molecular complexity index is 927. The average molecular weight is 351 g/mol. The maximum Gasteiger partial charge on any atom is 0.274 e. The molecule has 0 saturated heterocycles. The Morgan fingerprint density at radius 3 is 2.81 bits per heavy atom. The van der Waals surface area contributed by atoms with Crippen LogP contribution in [-0.2, 0) is 0 Å². The van der Waals surface area contributed by atoms with Gasteiger partial charge in [0, 0.05) is 0 Å². The largest absolute Gasteiger partial charge is 0.493 e. The fraction of sp³-hybridized carbons (Fsp3) is 0.105. The van der Waals surface area contributed by atoms with Crippen LogP contribution in [0.25, 0.3) is 0 Å². The van der Waals surface area contributed by atoms with Crippen LogP contribution >= 0.6 is 0 Å². The van der Waals surface area contributed by atoms with Crippen LogP contribution in [0.4, 0.5) is 4.39 Å². The number of rotatable bonds is 6. The third kappa shape index (κ3) is 4.59. The standard InChI is InChI=1S/C19H14FN3O3/c1-3-8-26-17-7-5-14(10-18(17)25-2)12-22-23-19(24)15-6-4-13(11-21)9-16(15)20/h1,4-7,9-10,12H,8H2,2H3,(H,23,24)/b22-12-. The van der Waals surface area contributed by atoms with E-state index in [1.165, 1.54) is 25.5 Å². The van der Waals surface area contributed by atoms with Crippen molar-refractivity contribution in [2.45, 2.75) is 0 Å². The van der Waals surface area contributed by atoms with E-state index in [1.807, 2.05) is 0 Å². The third-order valence-electron chi connectivity index (χ3n) is 3.22. The van der Waals surface area contributed by atoms with Crippen molar-refractivity contribution in [1.29, 1.82) is 5.26 Å². The van der Waals surface area contributed by atoms with E-state index in [4.69, 9.17) is 21.2 Å². The predicted octanol–water partition coefficient (Wildman–Crippen LogP) is 2.48. The lowest BCUT2D eigenvalue weighted by Gasteiger charge is -2.09. The Morgan fingerprint density at radius 1 is 1.35 bits per heavy atom. The van der Waals surface area contributed by atoms with E-state index in [0.29, 0.717) is 17.1 Å². The van der Waals surface area contributed by atoms with E-state index in [-0.39, 0.29) is 17.7 Å². The first kappa shape index (κ1) is 18.5. The highest BCUT2D eigenvalue weighted by atomic mass is 19.1. The molecule has 7 heteroatoms. The summed E-state index contributed by atoms with van der Waals surface area (Å²) in [5, 5.41) is 12.5. The lowest BCUT2D eigenvalue weighted by atomic mass is 10.1. The van der Waals surface area contributed by atoms with Gasteiger partial charge in [-0.1, -0.05) is 5.92 Å². The molecular formula is C19H14FN3O3. The van der Waals surface area contributed by atoms with Gasteiger partial charge in [0.25, 0.3) is 5.91 Å². The summed E-state index contributed by atoms with van der Waals surface area (Å²) in [6.45, 7) is 0.107. The number of carbonyl (C=O) groups excluding carboxylic acids is 1. The van der Waals surface area contributed by atoms with Crippen LogP contribution in [0.15, 0.2) is 41.5 Å². The van der Waals surface area contributed by atoms with Gasteiger partial charge < -0.3 is 9.47 Å². The number of hydrogen-bond acceptors (Lipinski definition) is 5. The fourth-order valence-corrected chi connectivity index (χ4v) is 2.00. The third-order valence-corrected chi connectivity index (χ3v) is 3.22. The second-order valence-corrected chi connectivity index (χ2v) is 4.91. The van der Waals surface area contributed by atoms with Crippen molar-refractivity contribution in [3.63, 3.8) is 0 Å². The number of carbonyl (C=O) groups is 1. The molecule has 26 heavy (non-hydrogen) atoms. The zero-order valence-corrected chi connectivity index (χ0v) is 13.8. The number of methoxy groups -OCH3 is 1. The Hall–Kier alpha value is -3.84. The smallest absolute Gasteiger partial charge is 0.274 e. The molecule has 0 aliphatic rings. The topological polar surface area (TPSA) is 83.7 Å². The number of nitrogens with one attached hydrogen (secondary N) is 1. The number of halogens is 1. The molecule has 0 atom stereocenters. The molecule has 1 N–H and O–H groups in total. The first-order chi connectivity index (χ1) is 12.6. The van der Waals surface area contributed by atoms with Gasteiger partial charge in [-0.25, -0.2) is 9.82 Å². The number of ether oxygens (including phenoxy) is 2. The molecule has 0 radical (unpaired) electrons. The van der Waals surface area contributed by atoms with Crippen LogP contribution in [0, 0.1) is 29.5 Å². The van der Waals surface area contributed by atoms with Crippen LogP contribution in [-0.4, -0.2) is 25.8 Å². The Labute approximate surface area is 149 Å². The summed E-state index contributed by atoms with van der Waals surface area (Å²) < 4.78 is 24.3. The van der Waals surface area contributed by atoms with E-state index >= 15 is 0 Å². The summed E-state index contributed by atoms with van der Waals surface area (Å²) in [7, 11) is 1.48. The van der Waals surface area contributed by atoms with Crippen LogP contribution < -0.4 is 14.9 Å². The van der Waals surface area contributed by atoms with Crippen molar-refractivity contribution in [1.82, 2.24) is 5.43 Å². The SMILES string of the molecule is C#CCOc1ccc(/C=N\NC(=O)c2ccc(C#N)cc2F)cc1OC. The van der Waals surface area contributed by atoms with Crippen molar-refractivity contribution < 1.29 is 18.7 Å². The van der Waals surface area contributed by atoms with Crippen LogP contribution in [0.2, 0.25) is 0 Å². The second kappa shape index (κ2) is 8.86. The van der Waals surface area contributed by atoms with Crippen molar-refractivity contribution in [3.8, 4) is 29.9 Å². The minimum atomic E-state index is -0.798. The molecule has 130 valence electrons. The minimum Gasteiger partial charge on any atom is -0.493 e. The molecular weight excluding hydrogens is 337 g/mol. The number of terminal acetylenes is 1. The van der Waals surface area contributed by atoms with Gasteiger partial charge in [0.05, 0.1) is 30.5 Å². The predicted molar refractivity (Wildman–Crippen MR) is 93.5 cm³/mol. The van der Waals surface area contributed by atoms with Crippen LogP contribution in [0.3, 0.4) is 0 Å². The maximum atomic E-state index is 13.8. The zero-order chi connectivity index (χ0) is 18.9. The highest BCUT2D eigenvalue weighted by molar-refractivity contribution is 5.95. The van der Waals surface area contributed by atoms with E-state index in [1.54, 1.807) is 24.3 Å². The molecule has 2 rings (SSSR count). The van der Waals surface area contributed by atoms with Gasteiger partial charge in [0.1, 0.15) is 12.4 Å². The summed E-state index contributed by atoms with van der Waals surface area (Å²) in [6, 6.07) is 10.3. The number of amides is 1. The van der Waals surface area contributed by atoms with Crippen LogP contribution in [0.5, 0.6) is 11.5 Å². The molecule has 0 heterocycles. The van der Waals surface area contributed by atoms with Gasteiger partial charge in [-0.2, -0.15) is 10.4 Å². The minimum absolute atomic E-state index is 0.107. The lowest BCUT2D eigenvalue weighted by Crippen LogP contribution is -2.19. The quantitative estimate of drug-likeness (QED) is 0.492. The molecule has 0 unspecified atom stereocenters. The van der Waals surface area contributed by atoms with Crippen molar-refractivity contribution in [2.24, 2.45) is 5.10 Å². The number of hydrogen-bond donors (Lipinski definition) is 1. The normalized spacial score (nSPS) is 10.0. The van der Waals surface area contributed by atoms with E-state index in [0.717, 1.165) is 6.07 Å². The monoisotopic (exact) mass is 351 g/mol. The van der Waals surface area contributed by atoms with E-state index < -0.39 is 11.7 Å². The molecule has 0 aliphatic carbocycles. The van der Waals surface area contributed by atoms with Gasteiger partial charge >= 0.3 is 0 Å². The Morgan fingerprint density at radius 2 is 2.15 bits per heavy atom. The molecule has 0 fully saturated rings. The summed E-state index contributed by atoms with van der Waals surface area (Å²) in [4.78, 5) is 11.9. The molecule has 6 nitrogen and oxygen atoms in total. The number of benzene rings is 2. The summed E-state index contributed by atoms with van der Waals surface area (Å²) in [5.41, 5.74) is 2.76. The van der Waals surface area contributed by atoms with Gasteiger partial charge in [0.2, 0.25) is 0 Å². The lowest BCUT2D eigenvalue weighted by molar-refractivity contribution is 0.0951. The summed E-state index contributed by atoms with van der Waals surface area (Å²) in [6.07, 6.45) is 6.51. The van der Waals surface area contributed by atoms with Crippen molar-refractivity contribution >= 4 is 12.1 Å². The van der Waals surface area contributed by atoms with Gasteiger partial charge in [-0.05, 0) is 42.0 Å². The summed E-state index contributed by atoms with van der Waals surface area (Å²) >= 11 is 0. The molecule has 2 aromatic rings. The average Bonchev–Trinajstić information content (AvgIpc) is 2.66. The molecule has 0 aliphatic heterocycles. The van der Waals surface area contributed by atoms with E-state index in [9.17, 15) is 9.18 Å². The van der Waals surface area contributed by atoms with Crippen molar-refractivity contribution in [2.75, 3.05) is 13.7 Å². The second-order valence-electron chi connectivity index (χ2n) is 4.91. The molecule has 0 saturated carbocycles. The van der Waals surface area contributed by atoms with Crippen molar-refractivity contribution in [3.05, 3.63) is 58.9 Å². The van der Waals surface area contributed by atoms with E-state index in [2.05, 4.69) is 16.4 Å². The molecule has 2 aromatic carbocycles. The van der Waals surface area contributed by atoms with Gasteiger partial charge in [-0.15, -0.1) is 6.42 Å². The first-order valence-electron chi connectivity index (χ1n) is 7.36. The molecule has 0 aromatic heterocycles. The molecule has 0 bridgehead atoms. The number of hydrazone groups is 1. The highest BCUT2D eigenvalue weighted by Gasteiger charge is 2.11. The Kier molecular flexibility index (Phi) is 6.30. The van der Waals surface area contributed by atoms with Gasteiger partial charge in [-0.3, -0.25) is 4.79 Å². The number of nitrogens with zero attached hydrogens (tertiary/aromatic N) is 2. The maximum absolute atomic E-state index is 13.8. The highest BCUT2D eigenvalue weighted by Crippen LogP contribution is 2.27. The number of nitriles is 1. The summed E-state index contributed by atoms with van der Waals surface area (Å²) in [5.74, 6) is 1.76.